The topological polar surface area (TPSA) is 84.7 Å². The number of benzene rings is 1. The van der Waals surface area contributed by atoms with Crippen LogP contribution in [0.1, 0.15) is 37.7 Å². The molecule has 0 bridgehead atoms. The quantitative estimate of drug-likeness (QED) is 0.576. The molecule has 0 saturated carbocycles. The Balaban J connectivity index is 1.84. The van der Waals surface area contributed by atoms with E-state index in [9.17, 15) is 9.59 Å². The smallest absolute Gasteiger partial charge is 0.404 e. The fourth-order valence-corrected chi connectivity index (χ4v) is 3.35. The Hall–Kier alpha value is -2.23. The molecular weight excluding hydrogens is 366 g/mol. The molecular formula is C20H26ClN3O3. The van der Waals surface area contributed by atoms with Gasteiger partial charge in [-0.3, -0.25) is 9.69 Å². The minimum absolute atomic E-state index is 0.0211. The summed E-state index contributed by atoms with van der Waals surface area (Å²) in [5, 5.41) is 3.36. The summed E-state index contributed by atoms with van der Waals surface area (Å²) in [6.45, 7) is 1.62. The molecule has 1 aromatic carbocycles. The molecule has 1 heterocycles. The van der Waals surface area contributed by atoms with Crippen LogP contribution in [0.2, 0.25) is 5.02 Å². The fraction of sp³-hybridized carbons (Fsp3) is 0.500. The molecule has 1 aromatic rings. The van der Waals surface area contributed by atoms with Crippen molar-refractivity contribution in [1.29, 1.82) is 0 Å². The molecule has 0 aliphatic carbocycles. The highest BCUT2D eigenvalue weighted by molar-refractivity contribution is 6.30. The zero-order valence-electron chi connectivity index (χ0n) is 15.5. The summed E-state index contributed by atoms with van der Waals surface area (Å²) < 4.78 is 5.13. The molecule has 1 aliphatic rings. The Kier molecular flexibility index (Phi) is 8.43. The average molecular weight is 392 g/mol. The molecule has 0 radical (unpaired) electrons. The fourth-order valence-electron chi connectivity index (χ4n) is 3.23. The standard InChI is InChI=1S/C20H26ClN3O3/c1-23-19(25)14-17-13-18(27-20(22)26)10-12-24(17)11-4-2-3-5-15-6-8-16(21)9-7-15/h6-9,17-18H,2,4,10-14H2,1H3,(H2,22,26)(H,23,25). The highest BCUT2D eigenvalue weighted by Gasteiger charge is 2.31. The van der Waals surface area contributed by atoms with Crippen LogP contribution >= 0.6 is 11.6 Å². The van der Waals surface area contributed by atoms with Gasteiger partial charge in [0.1, 0.15) is 6.10 Å². The number of carbonyl (C=O) groups is 2. The third-order valence-corrected chi connectivity index (χ3v) is 4.85. The molecule has 6 nitrogen and oxygen atoms in total. The van der Waals surface area contributed by atoms with Crippen LogP contribution in [0, 0.1) is 11.8 Å². The van der Waals surface area contributed by atoms with Gasteiger partial charge in [0.15, 0.2) is 0 Å². The monoisotopic (exact) mass is 391 g/mol. The number of hydrogen-bond acceptors (Lipinski definition) is 4. The first-order chi connectivity index (χ1) is 13.0. The predicted molar refractivity (Wildman–Crippen MR) is 105 cm³/mol. The van der Waals surface area contributed by atoms with E-state index in [1.807, 2.05) is 24.3 Å². The lowest BCUT2D eigenvalue weighted by atomic mass is 9.96. The lowest BCUT2D eigenvalue weighted by molar-refractivity contribution is -0.122. The average Bonchev–Trinajstić information content (AvgIpc) is 2.64. The molecule has 0 spiro atoms. The number of nitrogens with one attached hydrogen (secondary N) is 1. The van der Waals surface area contributed by atoms with Crippen LogP contribution in [0.5, 0.6) is 0 Å². The molecule has 1 aliphatic heterocycles. The lowest BCUT2D eigenvalue weighted by Gasteiger charge is -2.38. The Morgan fingerprint density at radius 3 is 2.78 bits per heavy atom. The number of unbranched alkanes of at least 4 members (excludes halogenated alkanes) is 1. The lowest BCUT2D eigenvalue weighted by Crippen LogP contribution is -2.48. The Bertz CT molecular complexity index is 697. The van der Waals surface area contributed by atoms with Gasteiger partial charge in [-0.25, -0.2) is 4.79 Å². The van der Waals surface area contributed by atoms with Gasteiger partial charge in [0, 0.05) is 49.5 Å². The number of amides is 2. The third-order valence-electron chi connectivity index (χ3n) is 4.60. The minimum Gasteiger partial charge on any atom is -0.446 e. The van der Waals surface area contributed by atoms with Crippen molar-refractivity contribution in [2.24, 2.45) is 5.73 Å². The number of nitrogens with zero attached hydrogens (tertiary/aromatic N) is 1. The molecule has 1 saturated heterocycles. The Morgan fingerprint density at radius 1 is 1.37 bits per heavy atom. The number of rotatable bonds is 6. The molecule has 2 amide bonds. The maximum atomic E-state index is 11.8. The van der Waals surface area contributed by atoms with E-state index in [1.54, 1.807) is 7.05 Å². The van der Waals surface area contributed by atoms with Crippen molar-refractivity contribution < 1.29 is 14.3 Å². The molecule has 3 N–H and O–H groups in total. The van der Waals surface area contributed by atoms with Crippen molar-refractivity contribution in [1.82, 2.24) is 10.2 Å². The van der Waals surface area contributed by atoms with E-state index in [-0.39, 0.29) is 18.1 Å². The van der Waals surface area contributed by atoms with Gasteiger partial charge >= 0.3 is 6.09 Å². The summed E-state index contributed by atoms with van der Waals surface area (Å²) in [6, 6.07) is 7.49. The molecule has 2 atom stereocenters. The Morgan fingerprint density at radius 2 is 2.11 bits per heavy atom. The van der Waals surface area contributed by atoms with E-state index >= 15 is 0 Å². The number of carbonyl (C=O) groups excluding carboxylic acids is 2. The largest absolute Gasteiger partial charge is 0.446 e. The van der Waals surface area contributed by atoms with Gasteiger partial charge in [-0.05, 0) is 43.7 Å². The first-order valence-electron chi connectivity index (χ1n) is 9.13. The van der Waals surface area contributed by atoms with Crippen molar-refractivity contribution in [3.8, 4) is 11.8 Å². The van der Waals surface area contributed by atoms with Crippen LogP contribution in [-0.4, -0.2) is 49.2 Å². The number of ether oxygens (including phenoxy) is 1. The van der Waals surface area contributed by atoms with Crippen LogP contribution in [0.15, 0.2) is 24.3 Å². The first kappa shape index (κ1) is 21.1. The van der Waals surface area contributed by atoms with Crippen molar-refractivity contribution in [3.63, 3.8) is 0 Å². The van der Waals surface area contributed by atoms with Crippen LogP contribution < -0.4 is 11.1 Å². The van der Waals surface area contributed by atoms with E-state index in [0.29, 0.717) is 17.9 Å². The Labute approximate surface area is 165 Å². The minimum atomic E-state index is -0.760. The molecule has 0 aromatic heterocycles. The summed E-state index contributed by atoms with van der Waals surface area (Å²) in [6.07, 6.45) is 2.42. The van der Waals surface area contributed by atoms with Crippen molar-refractivity contribution in [2.75, 3.05) is 20.1 Å². The van der Waals surface area contributed by atoms with Gasteiger partial charge in [0.2, 0.25) is 5.91 Å². The summed E-state index contributed by atoms with van der Waals surface area (Å²) >= 11 is 5.86. The second-order valence-corrected chi connectivity index (χ2v) is 7.00. The highest BCUT2D eigenvalue weighted by Crippen LogP contribution is 2.23. The second-order valence-electron chi connectivity index (χ2n) is 6.56. The summed E-state index contributed by atoms with van der Waals surface area (Å²) in [5.41, 5.74) is 6.07. The van der Waals surface area contributed by atoms with E-state index in [4.69, 9.17) is 22.1 Å². The van der Waals surface area contributed by atoms with Gasteiger partial charge in [-0.15, -0.1) is 0 Å². The molecule has 2 unspecified atom stereocenters. The molecule has 7 heteroatoms. The van der Waals surface area contributed by atoms with Crippen molar-refractivity contribution in [2.45, 2.75) is 44.2 Å². The maximum absolute atomic E-state index is 11.8. The van der Waals surface area contributed by atoms with E-state index in [0.717, 1.165) is 37.9 Å². The number of nitrogens with two attached hydrogens (primary N) is 1. The van der Waals surface area contributed by atoms with Gasteiger partial charge < -0.3 is 15.8 Å². The van der Waals surface area contributed by atoms with Gasteiger partial charge in [-0.1, -0.05) is 23.4 Å². The number of halogens is 1. The third kappa shape index (κ3) is 7.49. The summed E-state index contributed by atoms with van der Waals surface area (Å²) in [4.78, 5) is 25.1. The van der Waals surface area contributed by atoms with Crippen LogP contribution in [0.3, 0.4) is 0 Å². The molecule has 1 fully saturated rings. The molecule has 146 valence electrons. The maximum Gasteiger partial charge on any atom is 0.404 e. The zero-order valence-corrected chi connectivity index (χ0v) is 16.3. The van der Waals surface area contributed by atoms with Gasteiger partial charge in [-0.2, -0.15) is 0 Å². The van der Waals surface area contributed by atoms with Crippen LogP contribution in [0.25, 0.3) is 0 Å². The first-order valence-corrected chi connectivity index (χ1v) is 9.51. The molecule has 27 heavy (non-hydrogen) atoms. The highest BCUT2D eigenvalue weighted by atomic mass is 35.5. The van der Waals surface area contributed by atoms with E-state index in [1.165, 1.54) is 0 Å². The number of primary amides is 1. The predicted octanol–water partition coefficient (Wildman–Crippen LogP) is 2.54. The number of piperidine rings is 1. The SMILES string of the molecule is CNC(=O)CC1CC(OC(N)=O)CCN1CCCC#Cc1ccc(Cl)cc1. The second kappa shape index (κ2) is 10.8. The van der Waals surface area contributed by atoms with Gasteiger partial charge in [0.25, 0.3) is 0 Å². The van der Waals surface area contributed by atoms with Crippen LogP contribution in [0.4, 0.5) is 4.79 Å². The van der Waals surface area contributed by atoms with E-state index < -0.39 is 6.09 Å². The molecule has 2 rings (SSSR count). The number of likely N-dealkylation sites (tertiary alicyclic amines) is 1. The van der Waals surface area contributed by atoms with Crippen molar-refractivity contribution >= 4 is 23.6 Å². The zero-order chi connectivity index (χ0) is 19.6. The summed E-state index contributed by atoms with van der Waals surface area (Å²) in [7, 11) is 1.62. The number of hydrogen-bond donors (Lipinski definition) is 2. The normalized spacial score (nSPS) is 19.6. The summed E-state index contributed by atoms with van der Waals surface area (Å²) in [5.74, 6) is 6.28. The van der Waals surface area contributed by atoms with Gasteiger partial charge in [0.05, 0.1) is 0 Å². The van der Waals surface area contributed by atoms with E-state index in [2.05, 4.69) is 22.1 Å². The van der Waals surface area contributed by atoms with Crippen molar-refractivity contribution in [3.05, 3.63) is 34.9 Å². The van der Waals surface area contributed by atoms with Crippen LogP contribution in [-0.2, 0) is 9.53 Å².